The molecule has 1 atom stereocenters. The van der Waals surface area contributed by atoms with Crippen molar-refractivity contribution in [1.82, 2.24) is 0 Å². The van der Waals surface area contributed by atoms with E-state index in [9.17, 15) is 9.90 Å². The predicted molar refractivity (Wildman–Crippen MR) is 87.7 cm³/mol. The standard InChI is InChI=1S/C16H32O2.Al.3H/c1-5-8-11-14(4)16(15(17)18,12-9-6-2)13-10-7-3;;;;/h14H,5-13H2,1-4H3,(H,17,18);;;;. The van der Waals surface area contributed by atoms with Gasteiger partial charge in [0.15, 0.2) is 17.4 Å². The SMILES string of the molecule is CCCCC(C)C(CCCC)(CCCC)C(=O)O.[AlH3]. The van der Waals surface area contributed by atoms with Gasteiger partial charge in [0.05, 0.1) is 5.41 Å². The van der Waals surface area contributed by atoms with Crippen LogP contribution in [0.5, 0.6) is 0 Å². The molecule has 0 aromatic carbocycles. The van der Waals surface area contributed by atoms with E-state index in [2.05, 4.69) is 27.7 Å². The van der Waals surface area contributed by atoms with Crippen LogP contribution in [0.1, 0.15) is 85.5 Å². The lowest BCUT2D eigenvalue weighted by atomic mass is 9.68. The number of carboxylic acid groups (broad SMARTS) is 1. The van der Waals surface area contributed by atoms with Gasteiger partial charge >= 0.3 is 5.97 Å². The van der Waals surface area contributed by atoms with Gasteiger partial charge in [0.25, 0.3) is 0 Å². The number of rotatable bonds is 11. The lowest BCUT2D eigenvalue weighted by molar-refractivity contribution is -0.154. The van der Waals surface area contributed by atoms with Crippen molar-refractivity contribution in [2.45, 2.75) is 85.5 Å². The number of carbonyl (C=O) groups is 1. The molecule has 1 unspecified atom stereocenters. The van der Waals surface area contributed by atoms with Crippen LogP contribution in [0.2, 0.25) is 0 Å². The fraction of sp³-hybridized carbons (Fsp3) is 0.938. The van der Waals surface area contributed by atoms with E-state index in [0.717, 1.165) is 57.8 Å². The molecule has 0 aromatic heterocycles. The van der Waals surface area contributed by atoms with Crippen LogP contribution in [0.25, 0.3) is 0 Å². The van der Waals surface area contributed by atoms with Crippen LogP contribution < -0.4 is 0 Å². The second-order valence-electron chi connectivity index (χ2n) is 5.71. The Morgan fingerprint density at radius 2 is 1.42 bits per heavy atom. The molecule has 0 radical (unpaired) electrons. The second kappa shape index (κ2) is 11.8. The molecule has 114 valence electrons. The van der Waals surface area contributed by atoms with Crippen molar-refractivity contribution in [2.75, 3.05) is 0 Å². The van der Waals surface area contributed by atoms with Gasteiger partial charge in [-0.05, 0) is 25.2 Å². The first-order valence-electron chi connectivity index (χ1n) is 7.78. The monoisotopic (exact) mass is 286 g/mol. The molecular formula is C16H35AlO2. The normalized spacial score (nSPS) is 12.8. The van der Waals surface area contributed by atoms with Crippen LogP contribution >= 0.6 is 0 Å². The lowest BCUT2D eigenvalue weighted by Gasteiger charge is -2.35. The minimum absolute atomic E-state index is 0. The molecule has 0 bridgehead atoms. The largest absolute Gasteiger partial charge is 0.481 e. The number of aliphatic carboxylic acids is 1. The Morgan fingerprint density at radius 3 is 1.74 bits per heavy atom. The van der Waals surface area contributed by atoms with Gasteiger partial charge < -0.3 is 5.11 Å². The first-order valence-corrected chi connectivity index (χ1v) is 7.78. The molecule has 19 heavy (non-hydrogen) atoms. The molecule has 1 N–H and O–H groups in total. The third-order valence-electron chi connectivity index (χ3n) is 4.31. The summed E-state index contributed by atoms with van der Waals surface area (Å²) in [5.41, 5.74) is -0.471. The highest BCUT2D eigenvalue weighted by molar-refractivity contribution is 5.75. The van der Waals surface area contributed by atoms with Gasteiger partial charge in [-0.25, -0.2) is 0 Å². The van der Waals surface area contributed by atoms with E-state index in [-0.39, 0.29) is 17.4 Å². The average molecular weight is 286 g/mol. The summed E-state index contributed by atoms with van der Waals surface area (Å²) in [6, 6.07) is 0. The number of carboxylic acids is 1. The van der Waals surface area contributed by atoms with Crippen LogP contribution in [0.3, 0.4) is 0 Å². The molecule has 0 spiro atoms. The van der Waals surface area contributed by atoms with Crippen LogP contribution in [0.4, 0.5) is 0 Å². The van der Waals surface area contributed by atoms with E-state index in [1.807, 2.05) is 0 Å². The van der Waals surface area contributed by atoms with Gasteiger partial charge in [-0.2, -0.15) is 0 Å². The van der Waals surface area contributed by atoms with Crippen LogP contribution in [-0.4, -0.2) is 28.4 Å². The molecule has 0 heterocycles. The first-order chi connectivity index (χ1) is 8.55. The van der Waals surface area contributed by atoms with Crippen molar-refractivity contribution >= 4 is 23.3 Å². The fourth-order valence-corrected chi connectivity index (χ4v) is 2.81. The van der Waals surface area contributed by atoms with E-state index in [4.69, 9.17) is 0 Å². The summed E-state index contributed by atoms with van der Waals surface area (Å²) in [5.74, 6) is -0.263. The molecule has 0 rings (SSSR count). The van der Waals surface area contributed by atoms with Crippen molar-refractivity contribution in [3.63, 3.8) is 0 Å². The Kier molecular flexibility index (Phi) is 13.2. The van der Waals surface area contributed by atoms with Crippen LogP contribution in [0, 0.1) is 11.3 Å². The van der Waals surface area contributed by atoms with E-state index < -0.39 is 11.4 Å². The molecule has 0 saturated heterocycles. The van der Waals surface area contributed by atoms with Crippen molar-refractivity contribution in [1.29, 1.82) is 0 Å². The lowest BCUT2D eigenvalue weighted by Crippen LogP contribution is -2.37. The molecule has 0 fully saturated rings. The quantitative estimate of drug-likeness (QED) is 0.581. The second-order valence-corrected chi connectivity index (χ2v) is 5.71. The maximum atomic E-state index is 11.8. The molecule has 2 nitrogen and oxygen atoms in total. The van der Waals surface area contributed by atoms with Gasteiger partial charge in [-0.1, -0.05) is 66.2 Å². The fourth-order valence-electron chi connectivity index (χ4n) is 2.81. The molecule has 0 aliphatic carbocycles. The maximum Gasteiger partial charge on any atom is 0.309 e. The predicted octanol–water partition coefficient (Wildman–Crippen LogP) is 4.08. The Bertz CT molecular complexity index is 221. The summed E-state index contributed by atoms with van der Waals surface area (Å²) in [6.45, 7) is 8.61. The van der Waals surface area contributed by atoms with Gasteiger partial charge in [0.2, 0.25) is 0 Å². The summed E-state index contributed by atoms with van der Waals surface area (Å²) in [6.07, 6.45) is 9.29. The molecule has 0 aromatic rings. The van der Waals surface area contributed by atoms with Gasteiger partial charge in [-0.15, -0.1) is 0 Å². The van der Waals surface area contributed by atoms with Crippen LogP contribution in [0.15, 0.2) is 0 Å². The minimum Gasteiger partial charge on any atom is -0.481 e. The highest BCUT2D eigenvalue weighted by Gasteiger charge is 2.41. The van der Waals surface area contributed by atoms with Gasteiger partial charge in [0.1, 0.15) is 0 Å². The molecule has 0 aliphatic heterocycles. The van der Waals surface area contributed by atoms with E-state index in [1.54, 1.807) is 0 Å². The van der Waals surface area contributed by atoms with E-state index in [1.165, 1.54) is 0 Å². The summed E-state index contributed by atoms with van der Waals surface area (Å²) >= 11 is 0. The molecule has 3 heteroatoms. The molecule has 0 saturated carbocycles. The summed E-state index contributed by atoms with van der Waals surface area (Å²) in [5, 5.41) is 9.75. The Hall–Kier alpha value is 0.00247. The highest BCUT2D eigenvalue weighted by atomic mass is 27.0. The summed E-state index contributed by atoms with van der Waals surface area (Å²) in [7, 11) is 0. The van der Waals surface area contributed by atoms with Crippen molar-refractivity contribution < 1.29 is 9.90 Å². The van der Waals surface area contributed by atoms with Crippen molar-refractivity contribution in [3.05, 3.63) is 0 Å². The topological polar surface area (TPSA) is 37.3 Å². The summed E-state index contributed by atoms with van der Waals surface area (Å²) < 4.78 is 0. The number of hydrogen-bond acceptors (Lipinski definition) is 1. The molecular weight excluding hydrogens is 251 g/mol. The highest BCUT2D eigenvalue weighted by Crippen LogP contribution is 2.41. The zero-order valence-corrected chi connectivity index (χ0v) is 12.8. The third kappa shape index (κ3) is 6.82. The van der Waals surface area contributed by atoms with Gasteiger partial charge in [0, 0.05) is 0 Å². The number of unbranched alkanes of at least 4 members (excludes halogenated alkanes) is 3. The smallest absolute Gasteiger partial charge is 0.309 e. The Balaban J connectivity index is 0. The zero-order valence-electron chi connectivity index (χ0n) is 12.8. The van der Waals surface area contributed by atoms with E-state index in [0.29, 0.717) is 5.92 Å². The average Bonchev–Trinajstić information content (AvgIpc) is 2.36. The van der Waals surface area contributed by atoms with Crippen molar-refractivity contribution in [2.24, 2.45) is 11.3 Å². The first kappa shape index (κ1) is 21.3. The maximum absolute atomic E-state index is 11.8. The van der Waals surface area contributed by atoms with E-state index >= 15 is 0 Å². The van der Waals surface area contributed by atoms with Crippen LogP contribution in [-0.2, 0) is 4.79 Å². The van der Waals surface area contributed by atoms with Crippen molar-refractivity contribution in [3.8, 4) is 0 Å². The Morgan fingerprint density at radius 1 is 1.00 bits per heavy atom. The summed E-state index contributed by atoms with van der Waals surface area (Å²) in [4.78, 5) is 11.8. The van der Waals surface area contributed by atoms with Gasteiger partial charge in [-0.3, -0.25) is 4.79 Å². The molecule has 0 amide bonds. The molecule has 0 aliphatic rings. The minimum atomic E-state index is -0.562. The Labute approximate surface area is 130 Å². The zero-order chi connectivity index (χ0) is 14.0. The number of hydrogen-bond donors (Lipinski definition) is 1. The third-order valence-corrected chi connectivity index (χ3v) is 4.31.